The summed E-state index contributed by atoms with van der Waals surface area (Å²) in [6.07, 6.45) is 2.26. The van der Waals surface area contributed by atoms with Gasteiger partial charge in [0.15, 0.2) is 0 Å². The summed E-state index contributed by atoms with van der Waals surface area (Å²) in [5, 5.41) is 0. The van der Waals surface area contributed by atoms with Crippen LogP contribution in [-0.2, 0) is 4.79 Å². The Hall–Kier alpha value is -2.04. The number of ether oxygens (including phenoxy) is 1. The molecule has 1 saturated heterocycles. The van der Waals surface area contributed by atoms with Crippen LogP contribution in [0.15, 0.2) is 18.2 Å². The molecule has 1 aliphatic heterocycles. The second-order valence-corrected chi connectivity index (χ2v) is 5.98. The Balaban J connectivity index is 2.09. The van der Waals surface area contributed by atoms with Crippen molar-refractivity contribution < 1.29 is 14.3 Å². The molecule has 0 aliphatic carbocycles. The van der Waals surface area contributed by atoms with Crippen molar-refractivity contribution in [3.8, 4) is 5.75 Å². The van der Waals surface area contributed by atoms with E-state index in [4.69, 9.17) is 4.74 Å². The molecule has 2 amide bonds. The van der Waals surface area contributed by atoms with Crippen molar-refractivity contribution in [2.24, 2.45) is 0 Å². The highest BCUT2D eigenvalue weighted by atomic mass is 16.5. The number of nitrogens with zero attached hydrogens (tertiary/aromatic N) is 2. The Bertz CT molecular complexity index is 571. The molecule has 0 radical (unpaired) electrons. The van der Waals surface area contributed by atoms with E-state index in [1.807, 2.05) is 41.8 Å². The minimum absolute atomic E-state index is 0.0182. The number of benzene rings is 1. The first kappa shape index (κ1) is 17.3. The molecule has 0 spiro atoms. The van der Waals surface area contributed by atoms with Gasteiger partial charge in [-0.3, -0.25) is 9.59 Å². The first-order valence-corrected chi connectivity index (χ1v) is 8.28. The largest absolute Gasteiger partial charge is 0.496 e. The first-order chi connectivity index (χ1) is 11.1. The zero-order chi connectivity index (χ0) is 16.8. The van der Waals surface area contributed by atoms with E-state index in [1.54, 1.807) is 7.11 Å². The molecule has 0 bridgehead atoms. The molecule has 126 valence electrons. The van der Waals surface area contributed by atoms with Gasteiger partial charge in [0.25, 0.3) is 5.91 Å². The number of carbonyl (C=O) groups is 2. The summed E-state index contributed by atoms with van der Waals surface area (Å²) in [7, 11) is 1.58. The lowest BCUT2D eigenvalue weighted by atomic mass is 10.1. The molecular formula is C18H26N2O3. The van der Waals surface area contributed by atoms with E-state index in [0.717, 1.165) is 24.9 Å². The highest BCUT2D eigenvalue weighted by Gasteiger charge is 2.24. The minimum Gasteiger partial charge on any atom is -0.496 e. The maximum Gasteiger partial charge on any atom is 0.257 e. The Kier molecular flexibility index (Phi) is 6.02. The van der Waals surface area contributed by atoms with Gasteiger partial charge >= 0.3 is 0 Å². The van der Waals surface area contributed by atoms with Crippen LogP contribution in [0.2, 0.25) is 0 Å². The van der Waals surface area contributed by atoms with E-state index < -0.39 is 0 Å². The predicted octanol–water partition coefficient (Wildman–Crippen LogP) is 2.48. The van der Waals surface area contributed by atoms with Gasteiger partial charge in [-0.2, -0.15) is 0 Å². The van der Waals surface area contributed by atoms with Gasteiger partial charge in [-0.1, -0.05) is 18.6 Å². The highest BCUT2D eigenvalue weighted by Crippen LogP contribution is 2.22. The monoisotopic (exact) mass is 318 g/mol. The molecular weight excluding hydrogens is 292 g/mol. The summed E-state index contributed by atoms with van der Waals surface area (Å²) in [4.78, 5) is 28.6. The molecule has 0 atom stereocenters. The zero-order valence-electron chi connectivity index (χ0n) is 14.3. The number of hydrogen-bond donors (Lipinski definition) is 0. The van der Waals surface area contributed by atoms with Gasteiger partial charge < -0.3 is 14.5 Å². The fourth-order valence-corrected chi connectivity index (χ4v) is 2.90. The van der Waals surface area contributed by atoms with Gasteiger partial charge in [0.05, 0.1) is 12.7 Å². The van der Waals surface area contributed by atoms with Gasteiger partial charge in [-0.15, -0.1) is 0 Å². The van der Waals surface area contributed by atoms with Crippen LogP contribution >= 0.6 is 0 Å². The molecule has 5 nitrogen and oxygen atoms in total. The SMILES string of the molecule is CCCC(=O)N1CCCN(C(=O)c2cc(C)ccc2OC)CC1. The molecule has 1 fully saturated rings. The average molecular weight is 318 g/mol. The minimum atomic E-state index is -0.0182. The molecule has 23 heavy (non-hydrogen) atoms. The maximum absolute atomic E-state index is 12.8. The van der Waals surface area contributed by atoms with Crippen LogP contribution in [0.3, 0.4) is 0 Å². The van der Waals surface area contributed by atoms with Crippen molar-refractivity contribution in [3.05, 3.63) is 29.3 Å². The van der Waals surface area contributed by atoms with Crippen LogP contribution < -0.4 is 4.74 Å². The Morgan fingerprint density at radius 2 is 1.83 bits per heavy atom. The summed E-state index contributed by atoms with van der Waals surface area (Å²) in [5.41, 5.74) is 1.63. The predicted molar refractivity (Wildman–Crippen MR) is 89.7 cm³/mol. The van der Waals surface area contributed by atoms with E-state index in [0.29, 0.717) is 37.4 Å². The van der Waals surface area contributed by atoms with Crippen LogP contribution in [0.4, 0.5) is 0 Å². The third-order valence-corrected chi connectivity index (χ3v) is 4.19. The lowest BCUT2D eigenvalue weighted by molar-refractivity contribution is -0.131. The second kappa shape index (κ2) is 7.99. The molecule has 0 saturated carbocycles. The summed E-state index contributed by atoms with van der Waals surface area (Å²) in [6.45, 7) is 6.56. The fourth-order valence-electron chi connectivity index (χ4n) is 2.90. The number of rotatable bonds is 4. The number of methoxy groups -OCH3 is 1. The highest BCUT2D eigenvalue weighted by molar-refractivity contribution is 5.97. The zero-order valence-corrected chi connectivity index (χ0v) is 14.3. The summed E-state index contributed by atoms with van der Waals surface area (Å²) >= 11 is 0. The van der Waals surface area contributed by atoms with Crippen LogP contribution in [0.1, 0.15) is 42.1 Å². The number of amides is 2. The summed E-state index contributed by atoms with van der Waals surface area (Å²) < 4.78 is 5.32. The van der Waals surface area contributed by atoms with Gasteiger partial charge in [0, 0.05) is 32.6 Å². The van der Waals surface area contributed by atoms with Crippen LogP contribution in [0.25, 0.3) is 0 Å². The standard InChI is InChI=1S/C18H26N2O3/c1-4-6-17(21)19-9-5-10-20(12-11-19)18(22)15-13-14(2)7-8-16(15)23-3/h7-8,13H,4-6,9-12H2,1-3H3. The number of aryl methyl sites for hydroxylation is 1. The first-order valence-electron chi connectivity index (χ1n) is 8.28. The third-order valence-electron chi connectivity index (χ3n) is 4.19. The third kappa shape index (κ3) is 4.24. The van der Waals surface area contributed by atoms with Crippen molar-refractivity contribution in [2.45, 2.75) is 33.1 Å². The second-order valence-electron chi connectivity index (χ2n) is 5.98. The Morgan fingerprint density at radius 3 is 2.52 bits per heavy atom. The quantitative estimate of drug-likeness (QED) is 0.857. The van der Waals surface area contributed by atoms with Gasteiger partial charge in [0.1, 0.15) is 5.75 Å². The van der Waals surface area contributed by atoms with E-state index in [2.05, 4.69) is 0 Å². The van der Waals surface area contributed by atoms with Crippen LogP contribution in [-0.4, -0.2) is 54.9 Å². The normalized spacial score (nSPS) is 15.3. The van der Waals surface area contributed by atoms with Crippen molar-refractivity contribution in [2.75, 3.05) is 33.3 Å². The summed E-state index contributed by atoms with van der Waals surface area (Å²) in [6, 6.07) is 5.63. The average Bonchev–Trinajstić information content (AvgIpc) is 2.80. The van der Waals surface area contributed by atoms with Crippen LogP contribution in [0.5, 0.6) is 5.75 Å². The summed E-state index contributed by atoms with van der Waals surface area (Å²) in [5.74, 6) is 0.772. The molecule has 0 unspecified atom stereocenters. The van der Waals surface area contributed by atoms with Gasteiger partial charge in [0.2, 0.25) is 5.91 Å². The molecule has 1 aromatic carbocycles. The van der Waals surface area contributed by atoms with Crippen molar-refractivity contribution in [1.29, 1.82) is 0 Å². The van der Waals surface area contributed by atoms with Crippen molar-refractivity contribution >= 4 is 11.8 Å². The van der Waals surface area contributed by atoms with E-state index >= 15 is 0 Å². The van der Waals surface area contributed by atoms with E-state index in [1.165, 1.54) is 0 Å². The molecule has 2 rings (SSSR count). The molecule has 0 aromatic heterocycles. The molecule has 0 N–H and O–H groups in total. The molecule has 5 heteroatoms. The Labute approximate surface area is 138 Å². The molecule has 1 aromatic rings. The van der Waals surface area contributed by atoms with E-state index in [9.17, 15) is 9.59 Å². The number of hydrogen-bond acceptors (Lipinski definition) is 3. The van der Waals surface area contributed by atoms with Crippen molar-refractivity contribution in [3.63, 3.8) is 0 Å². The van der Waals surface area contributed by atoms with Gasteiger partial charge in [-0.25, -0.2) is 0 Å². The topological polar surface area (TPSA) is 49.9 Å². The lowest BCUT2D eigenvalue weighted by Crippen LogP contribution is -2.37. The van der Waals surface area contributed by atoms with Gasteiger partial charge in [-0.05, 0) is 31.9 Å². The molecule has 1 aliphatic rings. The maximum atomic E-state index is 12.8. The lowest BCUT2D eigenvalue weighted by Gasteiger charge is -2.23. The molecule has 1 heterocycles. The smallest absolute Gasteiger partial charge is 0.257 e. The Morgan fingerprint density at radius 1 is 1.13 bits per heavy atom. The fraction of sp³-hybridized carbons (Fsp3) is 0.556. The number of carbonyl (C=O) groups excluding carboxylic acids is 2. The van der Waals surface area contributed by atoms with E-state index in [-0.39, 0.29) is 11.8 Å². The van der Waals surface area contributed by atoms with Crippen LogP contribution in [0, 0.1) is 6.92 Å². The van der Waals surface area contributed by atoms with Crippen molar-refractivity contribution in [1.82, 2.24) is 9.80 Å².